The zero-order chi connectivity index (χ0) is 17.5. The smallest absolute Gasteiger partial charge is 0.123 e. The summed E-state index contributed by atoms with van der Waals surface area (Å²) in [7, 11) is 0. The van der Waals surface area contributed by atoms with Crippen molar-refractivity contribution in [3.05, 3.63) is 77.5 Å². The lowest BCUT2D eigenvalue weighted by Gasteiger charge is -2.18. The van der Waals surface area contributed by atoms with Gasteiger partial charge in [0.05, 0.1) is 23.0 Å². The van der Waals surface area contributed by atoms with Crippen LogP contribution in [-0.4, -0.2) is 19.4 Å². The number of allylic oxidation sites excluding steroid dienone is 2. The lowest BCUT2D eigenvalue weighted by molar-refractivity contribution is 0.243. The molecule has 0 atom stereocenters. The number of rotatable bonds is 6. The number of benzene rings is 2. The summed E-state index contributed by atoms with van der Waals surface area (Å²) < 4.78 is 5.79. The molecule has 0 aromatic heterocycles. The lowest BCUT2D eigenvalue weighted by Crippen LogP contribution is -2.16. The van der Waals surface area contributed by atoms with Crippen molar-refractivity contribution in [1.29, 1.82) is 0 Å². The van der Waals surface area contributed by atoms with Crippen LogP contribution in [0.2, 0.25) is 0 Å². The second-order valence-corrected chi connectivity index (χ2v) is 6.47. The van der Waals surface area contributed by atoms with Crippen LogP contribution in [0.5, 0.6) is 0 Å². The van der Waals surface area contributed by atoms with Crippen LogP contribution in [0, 0.1) is 0 Å². The molecule has 25 heavy (non-hydrogen) atoms. The van der Waals surface area contributed by atoms with E-state index in [1.54, 1.807) is 18.0 Å². The molecule has 4 heteroatoms. The van der Waals surface area contributed by atoms with Gasteiger partial charge in [-0.1, -0.05) is 42.1 Å². The van der Waals surface area contributed by atoms with Gasteiger partial charge in [0.1, 0.15) is 5.76 Å². The van der Waals surface area contributed by atoms with Crippen molar-refractivity contribution in [3.63, 3.8) is 0 Å². The number of aliphatic imine (C=N–C) groups is 1. The number of hydrogen-bond acceptors (Lipinski definition) is 4. The number of thioether (sulfide) groups is 1. The first-order valence-electron chi connectivity index (χ1n) is 8.50. The molecule has 0 saturated carbocycles. The minimum absolute atomic E-state index is 0.624. The van der Waals surface area contributed by atoms with Crippen molar-refractivity contribution in [2.45, 2.75) is 18.7 Å². The monoisotopic (exact) mass is 350 g/mol. The van der Waals surface area contributed by atoms with Crippen molar-refractivity contribution < 1.29 is 4.74 Å². The minimum atomic E-state index is 0.624. The van der Waals surface area contributed by atoms with E-state index >= 15 is 0 Å². The number of nitrogens with zero attached hydrogens (tertiary/aromatic N) is 2. The molecule has 2 aromatic rings. The van der Waals surface area contributed by atoms with Gasteiger partial charge in [0, 0.05) is 23.7 Å². The van der Waals surface area contributed by atoms with E-state index in [9.17, 15) is 0 Å². The molecule has 128 valence electrons. The topological polar surface area (TPSA) is 24.8 Å². The Hall–Kier alpha value is -2.46. The Bertz CT molecular complexity index is 797. The van der Waals surface area contributed by atoms with Gasteiger partial charge in [0.25, 0.3) is 0 Å². The van der Waals surface area contributed by atoms with E-state index in [0.29, 0.717) is 6.61 Å². The van der Waals surface area contributed by atoms with Gasteiger partial charge in [-0.3, -0.25) is 4.99 Å². The number of para-hydroxylation sites is 2. The van der Waals surface area contributed by atoms with Crippen molar-refractivity contribution in [3.8, 4) is 0 Å². The zero-order valence-electron chi connectivity index (χ0n) is 14.6. The Morgan fingerprint density at radius 3 is 2.60 bits per heavy atom. The standard InChI is InChI=1S/C21H22N2OS/c1-3-23-19-12-8-9-13-20(19)25-21(23)16-18(24-4-2)14-15-22-17-10-6-5-7-11-17/h5-16H,3-4H2,1-2H3/b18-14+,21-16+,22-15?. The third-order valence-electron chi connectivity index (χ3n) is 3.75. The highest BCUT2D eigenvalue weighted by Gasteiger charge is 2.23. The maximum absolute atomic E-state index is 5.79. The van der Waals surface area contributed by atoms with Crippen molar-refractivity contribution in [1.82, 2.24) is 0 Å². The molecule has 0 bridgehead atoms. The SMILES string of the molecule is CCOC(=C/C=Nc1ccccc1)/C=C1/Sc2ccccc2N1CC. The Balaban J connectivity index is 1.82. The Kier molecular flexibility index (Phi) is 5.96. The van der Waals surface area contributed by atoms with Gasteiger partial charge in [-0.15, -0.1) is 0 Å². The molecule has 0 spiro atoms. The molecular formula is C21H22N2OS. The summed E-state index contributed by atoms with van der Waals surface area (Å²) in [4.78, 5) is 8.04. The van der Waals surface area contributed by atoms with Crippen LogP contribution in [0.3, 0.4) is 0 Å². The highest BCUT2D eigenvalue weighted by atomic mass is 32.2. The summed E-state index contributed by atoms with van der Waals surface area (Å²) >= 11 is 1.77. The molecule has 3 nitrogen and oxygen atoms in total. The van der Waals surface area contributed by atoms with Gasteiger partial charge < -0.3 is 9.64 Å². The first-order valence-corrected chi connectivity index (χ1v) is 9.31. The highest BCUT2D eigenvalue weighted by molar-refractivity contribution is 8.03. The van der Waals surface area contributed by atoms with Crippen molar-refractivity contribution >= 4 is 29.4 Å². The first-order chi connectivity index (χ1) is 12.3. The predicted octanol–water partition coefficient (Wildman–Crippen LogP) is 5.78. The van der Waals surface area contributed by atoms with Gasteiger partial charge in [-0.05, 0) is 44.2 Å². The summed E-state index contributed by atoms with van der Waals surface area (Å²) in [5, 5.41) is 1.18. The van der Waals surface area contributed by atoms with E-state index in [4.69, 9.17) is 4.74 Å². The van der Waals surface area contributed by atoms with Gasteiger partial charge in [0.15, 0.2) is 0 Å². The van der Waals surface area contributed by atoms with Crippen molar-refractivity contribution in [2.75, 3.05) is 18.1 Å². The third-order valence-corrected chi connectivity index (χ3v) is 4.86. The van der Waals surface area contributed by atoms with Gasteiger partial charge in [-0.2, -0.15) is 0 Å². The maximum Gasteiger partial charge on any atom is 0.123 e. The molecule has 0 unspecified atom stereocenters. The predicted molar refractivity (Wildman–Crippen MR) is 108 cm³/mol. The largest absolute Gasteiger partial charge is 0.494 e. The van der Waals surface area contributed by atoms with E-state index in [1.165, 1.54) is 15.6 Å². The van der Waals surface area contributed by atoms with Crippen LogP contribution in [0.4, 0.5) is 11.4 Å². The molecule has 0 radical (unpaired) electrons. The maximum atomic E-state index is 5.79. The van der Waals surface area contributed by atoms with Crippen molar-refractivity contribution in [2.24, 2.45) is 4.99 Å². The number of anilines is 1. The second-order valence-electron chi connectivity index (χ2n) is 5.41. The Morgan fingerprint density at radius 1 is 1.08 bits per heavy atom. The van der Waals surface area contributed by atoms with Gasteiger partial charge in [-0.25, -0.2) is 0 Å². The quantitative estimate of drug-likeness (QED) is 0.487. The fraction of sp³-hybridized carbons (Fsp3) is 0.190. The van der Waals surface area contributed by atoms with E-state index in [2.05, 4.69) is 47.2 Å². The average molecular weight is 350 g/mol. The Labute approximate surface area is 153 Å². The number of ether oxygens (including phenoxy) is 1. The van der Waals surface area contributed by atoms with Gasteiger partial charge >= 0.3 is 0 Å². The van der Waals surface area contributed by atoms with Crippen LogP contribution < -0.4 is 4.90 Å². The molecular weight excluding hydrogens is 328 g/mol. The summed E-state index contributed by atoms with van der Waals surface area (Å²) in [5.74, 6) is 0.816. The van der Waals surface area contributed by atoms with Crippen LogP contribution in [-0.2, 0) is 4.74 Å². The lowest BCUT2D eigenvalue weighted by atomic mass is 10.3. The molecule has 1 aliphatic heterocycles. The van der Waals surface area contributed by atoms with Gasteiger partial charge in [0.2, 0.25) is 0 Å². The summed E-state index contributed by atoms with van der Waals surface area (Å²) in [6.07, 6.45) is 5.80. The summed E-state index contributed by atoms with van der Waals surface area (Å²) in [6, 6.07) is 18.4. The number of fused-ring (bicyclic) bond motifs is 1. The molecule has 1 heterocycles. The Morgan fingerprint density at radius 2 is 1.84 bits per heavy atom. The van der Waals surface area contributed by atoms with Crippen LogP contribution in [0.25, 0.3) is 0 Å². The van der Waals surface area contributed by atoms with E-state index in [1.807, 2.05) is 43.3 Å². The molecule has 0 saturated heterocycles. The third kappa shape index (κ3) is 4.34. The van der Waals surface area contributed by atoms with E-state index in [-0.39, 0.29) is 0 Å². The number of hydrogen-bond donors (Lipinski definition) is 0. The zero-order valence-corrected chi connectivity index (χ0v) is 15.4. The first kappa shape index (κ1) is 17.4. The molecule has 0 N–H and O–H groups in total. The second kappa shape index (κ2) is 8.58. The van der Waals surface area contributed by atoms with Crippen LogP contribution in [0.15, 0.2) is 87.4 Å². The fourth-order valence-electron chi connectivity index (χ4n) is 2.62. The van der Waals surface area contributed by atoms with Crippen LogP contribution in [0.1, 0.15) is 13.8 Å². The summed E-state index contributed by atoms with van der Waals surface area (Å²) in [6.45, 7) is 5.71. The molecule has 0 aliphatic carbocycles. The van der Waals surface area contributed by atoms with E-state index < -0.39 is 0 Å². The summed E-state index contributed by atoms with van der Waals surface area (Å²) in [5.41, 5.74) is 2.19. The average Bonchev–Trinajstić information content (AvgIpc) is 2.99. The normalized spacial score (nSPS) is 15.8. The molecule has 3 rings (SSSR count). The molecule has 2 aromatic carbocycles. The van der Waals surface area contributed by atoms with Crippen LogP contribution >= 0.6 is 11.8 Å². The molecule has 0 amide bonds. The molecule has 0 fully saturated rings. The minimum Gasteiger partial charge on any atom is -0.494 e. The highest BCUT2D eigenvalue weighted by Crippen LogP contribution is 2.45. The molecule has 1 aliphatic rings. The van der Waals surface area contributed by atoms with E-state index in [0.717, 1.165) is 18.0 Å². The fourth-order valence-corrected chi connectivity index (χ4v) is 3.79.